The molecule has 1 heterocycles. The summed E-state index contributed by atoms with van der Waals surface area (Å²) in [6.45, 7) is 8.29. The molecule has 0 unspecified atom stereocenters. The molecule has 4 heteroatoms. The molecule has 0 radical (unpaired) electrons. The topological polar surface area (TPSA) is 38.3 Å². The van der Waals surface area contributed by atoms with E-state index >= 15 is 0 Å². The second kappa shape index (κ2) is 7.76. The van der Waals surface area contributed by atoms with Crippen molar-refractivity contribution in [2.45, 2.75) is 38.7 Å². The van der Waals surface area contributed by atoms with E-state index in [1.807, 2.05) is 0 Å². The maximum absolute atomic E-state index is 11.5. The van der Waals surface area contributed by atoms with Crippen molar-refractivity contribution in [1.29, 1.82) is 0 Å². The highest BCUT2D eigenvalue weighted by atomic mass is 28.4. The van der Waals surface area contributed by atoms with E-state index in [0.717, 1.165) is 13.0 Å². The fraction of sp³-hybridized carbons (Fsp3) is 0.409. The van der Waals surface area contributed by atoms with Crippen molar-refractivity contribution < 1.29 is 9.22 Å². The summed E-state index contributed by atoms with van der Waals surface area (Å²) < 4.78 is 6.93. The van der Waals surface area contributed by atoms with Crippen LogP contribution in [0.1, 0.15) is 33.6 Å². The number of carbonyl (C=O) groups is 1. The molecule has 0 bridgehead atoms. The van der Waals surface area contributed by atoms with Gasteiger partial charge in [0.15, 0.2) is 0 Å². The van der Waals surface area contributed by atoms with Gasteiger partial charge in [0.05, 0.1) is 0 Å². The van der Waals surface area contributed by atoms with Crippen LogP contribution in [0.25, 0.3) is 0 Å². The van der Waals surface area contributed by atoms with Crippen LogP contribution in [0, 0.1) is 5.92 Å². The molecule has 2 aromatic carbocycles. The van der Waals surface area contributed by atoms with Crippen LogP contribution in [0.5, 0.6) is 0 Å². The summed E-state index contributed by atoms with van der Waals surface area (Å²) in [4.78, 5) is 11.5. The zero-order valence-electron chi connectivity index (χ0n) is 16.0. The smallest absolute Gasteiger partial charge is 0.261 e. The van der Waals surface area contributed by atoms with Gasteiger partial charge in [-0.1, -0.05) is 81.4 Å². The molecular weight excluding hydrogens is 338 g/mol. The van der Waals surface area contributed by atoms with Crippen molar-refractivity contribution in [1.82, 2.24) is 5.32 Å². The standard InChI is InChI=1S/C22H29NO2Si/c1-22(2,3)26(19-10-6-4-7-11-19,20-12-8-5-9-13-20)25-17-18-14-15-21(24)23-16-18/h4-13,18H,14-17H2,1-3H3,(H,23,24)/t18-/m0/s1. The number of hydrogen-bond acceptors (Lipinski definition) is 2. The van der Waals surface area contributed by atoms with Gasteiger partial charge in [0, 0.05) is 19.6 Å². The Morgan fingerprint density at radius 1 is 1.00 bits per heavy atom. The van der Waals surface area contributed by atoms with Gasteiger partial charge in [-0.2, -0.15) is 0 Å². The van der Waals surface area contributed by atoms with Gasteiger partial charge in [-0.25, -0.2) is 0 Å². The summed E-state index contributed by atoms with van der Waals surface area (Å²) in [5, 5.41) is 5.59. The molecule has 3 nitrogen and oxygen atoms in total. The number of rotatable bonds is 5. The molecule has 26 heavy (non-hydrogen) atoms. The molecule has 1 fully saturated rings. The van der Waals surface area contributed by atoms with Crippen LogP contribution >= 0.6 is 0 Å². The van der Waals surface area contributed by atoms with Gasteiger partial charge in [0.2, 0.25) is 5.91 Å². The van der Waals surface area contributed by atoms with E-state index in [9.17, 15) is 4.79 Å². The molecule has 138 valence electrons. The maximum Gasteiger partial charge on any atom is 0.261 e. The largest absolute Gasteiger partial charge is 0.407 e. The Labute approximate surface area is 157 Å². The molecule has 0 aromatic heterocycles. The number of nitrogens with one attached hydrogen (secondary N) is 1. The first-order valence-electron chi connectivity index (χ1n) is 9.45. The van der Waals surface area contributed by atoms with Gasteiger partial charge in [-0.05, 0) is 27.8 Å². The van der Waals surface area contributed by atoms with E-state index in [1.165, 1.54) is 10.4 Å². The summed E-state index contributed by atoms with van der Waals surface area (Å²) >= 11 is 0. The van der Waals surface area contributed by atoms with Crippen molar-refractivity contribution >= 4 is 24.6 Å². The molecule has 2 aromatic rings. The van der Waals surface area contributed by atoms with Crippen molar-refractivity contribution in [3.63, 3.8) is 0 Å². The molecule has 1 saturated heterocycles. The Hall–Kier alpha value is -1.91. The normalized spacial score (nSPS) is 18.4. The first-order valence-corrected chi connectivity index (χ1v) is 11.4. The Bertz CT molecular complexity index is 675. The maximum atomic E-state index is 11.5. The summed E-state index contributed by atoms with van der Waals surface area (Å²) in [6, 6.07) is 21.4. The molecule has 3 rings (SSSR count). The first kappa shape index (κ1) is 18.9. The lowest BCUT2D eigenvalue weighted by Gasteiger charge is -2.44. The average molecular weight is 368 g/mol. The Morgan fingerprint density at radius 2 is 1.54 bits per heavy atom. The molecule has 0 saturated carbocycles. The predicted octanol–water partition coefficient (Wildman–Crippen LogP) is 3.09. The molecule has 1 amide bonds. The summed E-state index contributed by atoms with van der Waals surface area (Å²) in [5.41, 5.74) is 0. The minimum atomic E-state index is -2.46. The van der Waals surface area contributed by atoms with Crippen molar-refractivity contribution in [3.8, 4) is 0 Å². The van der Waals surface area contributed by atoms with Gasteiger partial charge in [0.25, 0.3) is 8.32 Å². The van der Waals surface area contributed by atoms with Gasteiger partial charge in [-0.15, -0.1) is 0 Å². The zero-order chi connectivity index (χ0) is 18.6. The van der Waals surface area contributed by atoms with Crippen LogP contribution in [0.2, 0.25) is 5.04 Å². The van der Waals surface area contributed by atoms with Crippen LogP contribution in [-0.4, -0.2) is 27.4 Å². The predicted molar refractivity (Wildman–Crippen MR) is 109 cm³/mol. The fourth-order valence-corrected chi connectivity index (χ4v) is 8.57. The van der Waals surface area contributed by atoms with Crippen LogP contribution in [0.4, 0.5) is 0 Å². The van der Waals surface area contributed by atoms with Gasteiger partial charge >= 0.3 is 0 Å². The van der Waals surface area contributed by atoms with E-state index < -0.39 is 8.32 Å². The molecule has 1 aliphatic heterocycles. The fourth-order valence-electron chi connectivity index (χ4n) is 3.93. The van der Waals surface area contributed by atoms with Crippen LogP contribution in [0.3, 0.4) is 0 Å². The second-order valence-electron chi connectivity index (χ2n) is 8.18. The molecule has 0 spiro atoms. The third kappa shape index (κ3) is 3.76. The molecule has 1 aliphatic rings. The van der Waals surface area contributed by atoms with E-state index in [2.05, 4.69) is 86.8 Å². The Kier molecular flexibility index (Phi) is 5.63. The van der Waals surface area contributed by atoms with Crippen LogP contribution in [0.15, 0.2) is 60.7 Å². The van der Waals surface area contributed by atoms with Crippen molar-refractivity contribution in [3.05, 3.63) is 60.7 Å². The Morgan fingerprint density at radius 3 is 1.96 bits per heavy atom. The van der Waals surface area contributed by atoms with E-state index in [4.69, 9.17) is 4.43 Å². The highest BCUT2D eigenvalue weighted by Gasteiger charge is 2.50. The monoisotopic (exact) mass is 367 g/mol. The molecule has 0 aliphatic carbocycles. The average Bonchev–Trinajstić information content (AvgIpc) is 2.64. The molecular formula is C22H29NO2Si. The highest BCUT2D eigenvalue weighted by Crippen LogP contribution is 2.37. The highest BCUT2D eigenvalue weighted by molar-refractivity contribution is 6.99. The summed E-state index contributed by atoms with van der Waals surface area (Å²) in [7, 11) is -2.46. The van der Waals surface area contributed by atoms with Crippen LogP contribution < -0.4 is 15.7 Å². The van der Waals surface area contributed by atoms with Gasteiger partial charge < -0.3 is 9.74 Å². The lowest BCUT2D eigenvalue weighted by molar-refractivity contribution is -0.123. The lowest BCUT2D eigenvalue weighted by Crippen LogP contribution is -2.67. The van der Waals surface area contributed by atoms with Crippen molar-refractivity contribution in [2.24, 2.45) is 5.92 Å². The van der Waals surface area contributed by atoms with E-state index in [-0.39, 0.29) is 10.9 Å². The number of amides is 1. The van der Waals surface area contributed by atoms with Crippen molar-refractivity contribution in [2.75, 3.05) is 13.2 Å². The second-order valence-corrected chi connectivity index (χ2v) is 12.5. The quantitative estimate of drug-likeness (QED) is 0.825. The molecule has 1 N–H and O–H groups in total. The number of piperidine rings is 1. The summed E-state index contributed by atoms with van der Waals surface area (Å²) in [5.74, 6) is 0.543. The Balaban J connectivity index is 1.99. The summed E-state index contributed by atoms with van der Waals surface area (Å²) in [6.07, 6.45) is 1.51. The van der Waals surface area contributed by atoms with E-state index in [1.54, 1.807) is 0 Å². The number of hydrogen-bond donors (Lipinski definition) is 1. The van der Waals surface area contributed by atoms with Crippen LogP contribution in [-0.2, 0) is 9.22 Å². The van der Waals surface area contributed by atoms with Gasteiger partial charge in [-0.3, -0.25) is 4.79 Å². The third-order valence-corrected chi connectivity index (χ3v) is 10.3. The first-order chi connectivity index (χ1) is 12.4. The zero-order valence-corrected chi connectivity index (χ0v) is 17.0. The lowest BCUT2D eigenvalue weighted by atomic mass is 10.0. The third-order valence-electron chi connectivity index (χ3n) is 5.32. The van der Waals surface area contributed by atoms with Gasteiger partial charge in [0.1, 0.15) is 0 Å². The minimum Gasteiger partial charge on any atom is -0.407 e. The van der Waals surface area contributed by atoms with E-state index in [0.29, 0.717) is 18.9 Å². The molecule has 1 atom stereocenters. The number of benzene rings is 2. The number of carbonyl (C=O) groups excluding carboxylic acids is 1. The minimum absolute atomic E-state index is 0.00633. The SMILES string of the molecule is CC(C)(C)[Si](OC[C@H]1CCC(=O)NC1)(c1ccccc1)c1ccccc1.